The van der Waals surface area contributed by atoms with Gasteiger partial charge in [0.15, 0.2) is 5.78 Å². The summed E-state index contributed by atoms with van der Waals surface area (Å²) in [4.78, 5) is 54.3. The van der Waals surface area contributed by atoms with Crippen molar-refractivity contribution in [3.05, 3.63) is 39.8 Å². The first kappa shape index (κ1) is 23.8. The van der Waals surface area contributed by atoms with Crippen molar-refractivity contribution in [2.24, 2.45) is 0 Å². The molecule has 11 heteroatoms. The number of pyridine rings is 1. The van der Waals surface area contributed by atoms with Gasteiger partial charge >= 0.3 is 0 Å². The molecule has 9 nitrogen and oxygen atoms in total. The lowest BCUT2D eigenvalue weighted by molar-refractivity contribution is -0.125. The molecule has 1 saturated carbocycles. The molecule has 35 heavy (non-hydrogen) atoms. The highest BCUT2D eigenvalue weighted by Crippen LogP contribution is 2.30. The lowest BCUT2D eigenvalue weighted by Gasteiger charge is -2.26. The van der Waals surface area contributed by atoms with E-state index in [4.69, 9.17) is 4.74 Å². The Balaban J connectivity index is 1.31. The van der Waals surface area contributed by atoms with E-state index in [9.17, 15) is 14.4 Å². The number of aromatic nitrogens is 3. The van der Waals surface area contributed by atoms with Crippen molar-refractivity contribution >= 4 is 57.5 Å². The van der Waals surface area contributed by atoms with Crippen LogP contribution in [-0.4, -0.2) is 64.1 Å². The van der Waals surface area contributed by atoms with Crippen molar-refractivity contribution in [2.75, 3.05) is 30.4 Å². The van der Waals surface area contributed by atoms with Crippen molar-refractivity contribution in [1.29, 1.82) is 0 Å². The van der Waals surface area contributed by atoms with E-state index in [1.807, 2.05) is 19.1 Å². The summed E-state index contributed by atoms with van der Waals surface area (Å²) >= 11 is 2.66. The number of hydrogen-bond donors (Lipinski definition) is 1. The number of morpholine rings is 1. The normalized spacial score (nSPS) is 17.0. The first-order valence-electron chi connectivity index (χ1n) is 11.5. The van der Waals surface area contributed by atoms with Crippen LogP contribution in [0.2, 0.25) is 0 Å². The zero-order valence-corrected chi connectivity index (χ0v) is 21.1. The highest BCUT2D eigenvalue weighted by atomic mass is 32.2. The van der Waals surface area contributed by atoms with E-state index in [1.54, 1.807) is 24.0 Å². The second-order valence-corrected chi connectivity index (χ2v) is 10.7. The molecule has 0 aromatic carbocycles. The zero-order chi connectivity index (χ0) is 24.5. The number of Topliss-reactive ketones (excluding diaryl/α,β-unsaturated/α-hetero) is 1. The number of hydrogen-bond acceptors (Lipinski definition) is 9. The lowest BCUT2D eigenvalue weighted by Crippen LogP contribution is -2.42. The van der Waals surface area contributed by atoms with Crippen molar-refractivity contribution in [1.82, 2.24) is 20.3 Å². The van der Waals surface area contributed by atoms with E-state index >= 15 is 0 Å². The average molecular weight is 512 g/mol. The minimum absolute atomic E-state index is 0.00582. The van der Waals surface area contributed by atoms with E-state index < -0.39 is 0 Å². The third kappa shape index (κ3) is 5.36. The van der Waals surface area contributed by atoms with Gasteiger partial charge in [-0.15, -0.1) is 11.3 Å². The van der Waals surface area contributed by atoms with Gasteiger partial charge in [0.1, 0.15) is 28.8 Å². The van der Waals surface area contributed by atoms with Crippen LogP contribution in [0.3, 0.4) is 0 Å². The third-order valence-corrected chi connectivity index (χ3v) is 8.13. The van der Waals surface area contributed by atoms with Crippen LogP contribution in [0.15, 0.2) is 29.3 Å². The molecule has 5 rings (SSSR count). The van der Waals surface area contributed by atoms with Gasteiger partial charge in [0, 0.05) is 10.9 Å². The summed E-state index contributed by atoms with van der Waals surface area (Å²) in [5.74, 6) is 0.821. The number of aryl methyl sites for hydroxylation is 1. The number of rotatable bonds is 8. The smallest absolute Gasteiger partial charge is 0.254 e. The molecule has 0 spiro atoms. The predicted octanol–water partition coefficient (Wildman–Crippen LogP) is 3.12. The molecule has 1 saturated heterocycles. The molecular formula is C24H25N5O4S2. The number of fused-ring (bicyclic) bond motifs is 1. The molecule has 3 aromatic heterocycles. The van der Waals surface area contributed by atoms with Crippen molar-refractivity contribution < 1.29 is 19.1 Å². The Labute approximate surface area is 210 Å². The predicted molar refractivity (Wildman–Crippen MR) is 134 cm³/mol. The lowest BCUT2D eigenvalue weighted by atomic mass is 10.1. The number of ketones is 1. The molecule has 1 atom stereocenters. The molecular weight excluding hydrogens is 486 g/mol. The third-order valence-electron chi connectivity index (χ3n) is 5.86. The number of thiophene rings is 1. The average Bonchev–Trinajstić information content (AvgIpc) is 3.53. The molecule has 1 aliphatic carbocycles. The number of thioether (sulfide) groups is 1. The van der Waals surface area contributed by atoms with E-state index in [0.29, 0.717) is 51.8 Å². The Morgan fingerprint density at radius 1 is 1.23 bits per heavy atom. The Morgan fingerprint density at radius 3 is 2.83 bits per heavy atom. The maximum Gasteiger partial charge on any atom is 0.254 e. The van der Waals surface area contributed by atoms with Crippen LogP contribution in [0, 0.1) is 6.92 Å². The van der Waals surface area contributed by atoms with Gasteiger partial charge in [0.25, 0.3) is 5.91 Å². The zero-order valence-electron chi connectivity index (χ0n) is 19.4. The van der Waals surface area contributed by atoms with Crippen molar-refractivity contribution in [3.63, 3.8) is 0 Å². The molecule has 1 unspecified atom stereocenters. The van der Waals surface area contributed by atoms with E-state index in [-0.39, 0.29) is 35.9 Å². The van der Waals surface area contributed by atoms with Gasteiger partial charge in [-0.25, -0.2) is 15.0 Å². The number of carbonyl (C=O) groups is 3. The van der Waals surface area contributed by atoms with Crippen LogP contribution >= 0.6 is 23.1 Å². The molecule has 2 fully saturated rings. The Kier molecular flexibility index (Phi) is 6.81. The summed E-state index contributed by atoms with van der Waals surface area (Å²) in [6.07, 6.45) is 2.08. The molecule has 2 amide bonds. The van der Waals surface area contributed by atoms with Crippen molar-refractivity contribution in [2.45, 2.75) is 43.7 Å². The summed E-state index contributed by atoms with van der Waals surface area (Å²) in [6.45, 7) is 4.58. The van der Waals surface area contributed by atoms with Crippen LogP contribution in [0.25, 0.3) is 11.0 Å². The van der Waals surface area contributed by atoms with Crippen LogP contribution in [-0.2, 0) is 14.3 Å². The van der Waals surface area contributed by atoms with Gasteiger partial charge in [0.05, 0.1) is 35.2 Å². The van der Waals surface area contributed by atoms with E-state index in [0.717, 1.165) is 17.7 Å². The number of carbonyl (C=O) groups excluding carboxylic acids is 3. The second kappa shape index (κ2) is 10.00. The topological polar surface area (TPSA) is 114 Å². The number of nitrogens with one attached hydrogen (secondary N) is 1. The van der Waals surface area contributed by atoms with Crippen LogP contribution in [0.4, 0.5) is 5.82 Å². The molecule has 2 aliphatic rings. The second-order valence-electron chi connectivity index (χ2n) is 8.63. The van der Waals surface area contributed by atoms with Gasteiger partial charge < -0.3 is 10.1 Å². The highest BCUT2D eigenvalue weighted by Gasteiger charge is 2.27. The molecule has 0 radical (unpaired) electrons. The molecule has 0 bridgehead atoms. The first-order valence-corrected chi connectivity index (χ1v) is 13.3. The van der Waals surface area contributed by atoms with Gasteiger partial charge in [-0.05, 0) is 51.0 Å². The SMILES string of the molecule is Cc1nc(SCC(=O)c2ccc(C(C)C(=O)NC3CC3)s2)c2nc(N3CCOCC3=O)ccc2n1. The quantitative estimate of drug-likeness (QED) is 0.279. The molecule has 1 N–H and O–H groups in total. The standard InChI is InChI=1S/C24H25N5O4S2/c1-13(23(32)27-15-3-4-15)18-6-7-19(35-18)17(30)12-34-24-22-16(25-14(2)26-24)5-8-20(28-22)29-9-10-33-11-21(29)31/h5-8,13,15H,3-4,9-12H2,1-2H3,(H,27,32). The number of anilines is 1. The minimum atomic E-state index is -0.284. The summed E-state index contributed by atoms with van der Waals surface area (Å²) in [6, 6.07) is 7.54. The van der Waals surface area contributed by atoms with Crippen LogP contribution < -0.4 is 10.2 Å². The summed E-state index contributed by atoms with van der Waals surface area (Å²) < 4.78 is 5.21. The fraction of sp³-hybridized carbons (Fsp3) is 0.417. The first-order chi connectivity index (χ1) is 16.9. The molecule has 182 valence electrons. The summed E-state index contributed by atoms with van der Waals surface area (Å²) in [5.41, 5.74) is 1.22. The number of nitrogens with zero attached hydrogens (tertiary/aromatic N) is 4. The summed E-state index contributed by atoms with van der Waals surface area (Å²) in [7, 11) is 0. The van der Waals surface area contributed by atoms with Crippen LogP contribution in [0.1, 0.15) is 46.1 Å². The fourth-order valence-corrected chi connectivity index (χ4v) is 5.72. The Hall–Kier alpha value is -2.89. The monoisotopic (exact) mass is 511 g/mol. The number of amides is 2. The van der Waals surface area contributed by atoms with E-state index in [1.165, 1.54) is 23.1 Å². The number of ether oxygens (including phenoxy) is 1. The molecule has 3 aromatic rings. The van der Waals surface area contributed by atoms with E-state index in [2.05, 4.69) is 20.3 Å². The van der Waals surface area contributed by atoms with Gasteiger partial charge in [-0.1, -0.05) is 11.8 Å². The van der Waals surface area contributed by atoms with Gasteiger partial charge in [-0.3, -0.25) is 19.3 Å². The van der Waals surface area contributed by atoms with Crippen molar-refractivity contribution in [3.8, 4) is 0 Å². The van der Waals surface area contributed by atoms with Crippen LogP contribution in [0.5, 0.6) is 0 Å². The highest BCUT2D eigenvalue weighted by molar-refractivity contribution is 8.00. The molecule has 1 aliphatic heterocycles. The largest absolute Gasteiger partial charge is 0.370 e. The van der Waals surface area contributed by atoms with Gasteiger partial charge in [0.2, 0.25) is 5.91 Å². The fourth-order valence-electron chi connectivity index (χ4n) is 3.72. The molecule has 4 heterocycles. The maximum atomic E-state index is 12.9. The van der Waals surface area contributed by atoms with Gasteiger partial charge in [-0.2, -0.15) is 0 Å². The minimum Gasteiger partial charge on any atom is -0.370 e. The summed E-state index contributed by atoms with van der Waals surface area (Å²) in [5, 5.41) is 3.61. The maximum absolute atomic E-state index is 12.9. The Morgan fingerprint density at radius 2 is 2.06 bits per heavy atom. The Bertz CT molecular complexity index is 1310.